The standard InChI is InChI=1S/C13H23NO3/c1-13(2,3)17-12(16)10(14)8-11(15)9-6-4-5-7-9/h9-10H,4-8,14H2,1-3H3. The molecule has 0 amide bonds. The number of esters is 1. The molecule has 0 radical (unpaired) electrons. The lowest BCUT2D eigenvalue weighted by molar-refractivity contribution is -0.157. The molecule has 0 aromatic rings. The van der Waals surface area contributed by atoms with E-state index in [1.54, 1.807) is 20.8 Å². The lowest BCUT2D eigenvalue weighted by Crippen LogP contribution is -2.39. The van der Waals surface area contributed by atoms with E-state index in [1.165, 1.54) is 0 Å². The molecule has 1 aliphatic rings. The van der Waals surface area contributed by atoms with Crippen LogP contribution < -0.4 is 5.73 Å². The molecule has 1 fully saturated rings. The van der Waals surface area contributed by atoms with Crippen LogP contribution in [0.3, 0.4) is 0 Å². The van der Waals surface area contributed by atoms with Crippen LogP contribution in [0.25, 0.3) is 0 Å². The monoisotopic (exact) mass is 241 g/mol. The summed E-state index contributed by atoms with van der Waals surface area (Å²) in [6, 6.07) is -0.817. The van der Waals surface area contributed by atoms with Gasteiger partial charge in [0.25, 0.3) is 0 Å². The number of nitrogens with two attached hydrogens (primary N) is 1. The predicted molar refractivity (Wildman–Crippen MR) is 65.4 cm³/mol. The van der Waals surface area contributed by atoms with Gasteiger partial charge in [0, 0.05) is 12.3 Å². The smallest absolute Gasteiger partial charge is 0.323 e. The molecule has 1 saturated carbocycles. The summed E-state index contributed by atoms with van der Waals surface area (Å²) in [6.07, 6.45) is 4.22. The summed E-state index contributed by atoms with van der Waals surface area (Å²) in [6.45, 7) is 5.36. The van der Waals surface area contributed by atoms with Crippen LogP contribution in [0.5, 0.6) is 0 Å². The van der Waals surface area contributed by atoms with Gasteiger partial charge >= 0.3 is 5.97 Å². The minimum absolute atomic E-state index is 0.111. The van der Waals surface area contributed by atoms with Gasteiger partial charge in [0.1, 0.15) is 17.4 Å². The van der Waals surface area contributed by atoms with Gasteiger partial charge in [0.15, 0.2) is 0 Å². The van der Waals surface area contributed by atoms with Crippen molar-refractivity contribution in [3.8, 4) is 0 Å². The third kappa shape index (κ3) is 4.86. The van der Waals surface area contributed by atoms with Gasteiger partial charge in [0.05, 0.1) is 0 Å². The van der Waals surface area contributed by atoms with E-state index in [0.29, 0.717) is 0 Å². The molecule has 98 valence electrons. The molecule has 0 aromatic carbocycles. The normalized spacial score (nSPS) is 19.1. The molecule has 2 N–H and O–H groups in total. The highest BCUT2D eigenvalue weighted by Gasteiger charge is 2.28. The molecule has 1 aliphatic carbocycles. The largest absolute Gasteiger partial charge is 0.459 e. The van der Waals surface area contributed by atoms with E-state index in [4.69, 9.17) is 10.5 Å². The molecule has 0 aliphatic heterocycles. The van der Waals surface area contributed by atoms with Gasteiger partial charge in [-0.1, -0.05) is 12.8 Å². The minimum atomic E-state index is -0.817. The van der Waals surface area contributed by atoms with Gasteiger partial charge in [-0.3, -0.25) is 9.59 Å². The van der Waals surface area contributed by atoms with Crippen LogP contribution >= 0.6 is 0 Å². The molecule has 1 rings (SSSR count). The van der Waals surface area contributed by atoms with E-state index in [9.17, 15) is 9.59 Å². The van der Waals surface area contributed by atoms with Crippen LogP contribution in [0.2, 0.25) is 0 Å². The summed E-state index contributed by atoms with van der Waals surface area (Å²) < 4.78 is 5.15. The summed E-state index contributed by atoms with van der Waals surface area (Å²) in [5.74, 6) is -0.256. The van der Waals surface area contributed by atoms with E-state index in [0.717, 1.165) is 25.7 Å². The van der Waals surface area contributed by atoms with Gasteiger partial charge in [0.2, 0.25) is 0 Å². The molecule has 1 unspecified atom stereocenters. The topological polar surface area (TPSA) is 69.4 Å². The maximum absolute atomic E-state index is 11.8. The molecular formula is C13H23NO3. The van der Waals surface area contributed by atoms with Crippen molar-refractivity contribution in [3.05, 3.63) is 0 Å². The second-order valence-corrected chi connectivity index (χ2v) is 5.79. The number of rotatable bonds is 4. The Morgan fingerprint density at radius 2 is 1.82 bits per heavy atom. The minimum Gasteiger partial charge on any atom is -0.459 e. The fourth-order valence-electron chi connectivity index (χ4n) is 2.09. The molecule has 1 atom stereocenters. The highest BCUT2D eigenvalue weighted by Crippen LogP contribution is 2.26. The van der Waals surface area contributed by atoms with Crippen molar-refractivity contribution in [2.45, 2.75) is 64.5 Å². The van der Waals surface area contributed by atoms with Gasteiger partial charge in [-0.05, 0) is 33.6 Å². The molecule has 17 heavy (non-hydrogen) atoms. The van der Waals surface area contributed by atoms with Gasteiger partial charge in [-0.15, -0.1) is 0 Å². The number of carbonyl (C=O) groups excluding carboxylic acids is 2. The van der Waals surface area contributed by atoms with Crippen LogP contribution in [0.4, 0.5) is 0 Å². The highest BCUT2D eigenvalue weighted by molar-refractivity contribution is 5.88. The van der Waals surface area contributed by atoms with Crippen molar-refractivity contribution in [2.75, 3.05) is 0 Å². The molecule has 0 saturated heterocycles. The highest BCUT2D eigenvalue weighted by atomic mass is 16.6. The Labute approximate surface area is 103 Å². The second-order valence-electron chi connectivity index (χ2n) is 5.79. The van der Waals surface area contributed by atoms with Crippen LogP contribution in [0, 0.1) is 5.92 Å². The van der Waals surface area contributed by atoms with Crippen LogP contribution in [-0.4, -0.2) is 23.4 Å². The Morgan fingerprint density at radius 3 is 2.29 bits per heavy atom. The second kappa shape index (κ2) is 5.63. The zero-order valence-corrected chi connectivity index (χ0v) is 11.0. The average molecular weight is 241 g/mol. The maximum Gasteiger partial charge on any atom is 0.323 e. The zero-order chi connectivity index (χ0) is 13.1. The molecular weight excluding hydrogens is 218 g/mol. The summed E-state index contributed by atoms with van der Waals surface area (Å²) in [7, 11) is 0. The first-order valence-electron chi connectivity index (χ1n) is 6.31. The van der Waals surface area contributed by atoms with E-state index >= 15 is 0 Å². The third-order valence-electron chi connectivity index (χ3n) is 2.94. The Morgan fingerprint density at radius 1 is 1.29 bits per heavy atom. The van der Waals surface area contributed by atoms with Gasteiger partial charge < -0.3 is 10.5 Å². The molecule has 0 aromatic heterocycles. The number of ether oxygens (including phenoxy) is 1. The Kier molecular flexibility index (Phi) is 4.69. The first kappa shape index (κ1) is 14.2. The average Bonchev–Trinajstić information content (AvgIpc) is 2.67. The number of Topliss-reactive ketones (excluding diaryl/α,β-unsaturated/α-hetero) is 1. The summed E-state index contributed by atoms with van der Waals surface area (Å²) in [5.41, 5.74) is 5.15. The van der Waals surface area contributed by atoms with Gasteiger partial charge in [-0.25, -0.2) is 0 Å². The number of carbonyl (C=O) groups is 2. The van der Waals surface area contributed by atoms with Crippen molar-refractivity contribution < 1.29 is 14.3 Å². The molecule has 0 spiro atoms. The van der Waals surface area contributed by atoms with E-state index in [1.807, 2.05) is 0 Å². The van der Waals surface area contributed by atoms with Gasteiger partial charge in [-0.2, -0.15) is 0 Å². The van der Waals surface area contributed by atoms with E-state index < -0.39 is 17.6 Å². The van der Waals surface area contributed by atoms with E-state index in [-0.39, 0.29) is 18.1 Å². The SMILES string of the molecule is CC(C)(C)OC(=O)C(N)CC(=O)C1CCCC1. The first-order valence-corrected chi connectivity index (χ1v) is 6.31. The summed E-state index contributed by atoms with van der Waals surface area (Å²) in [5, 5.41) is 0. The molecule has 4 nitrogen and oxygen atoms in total. The van der Waals surface area contributed by atoms with Crippen molar-refractivity contribution >= 4 is 11.8 Å². The Balaban J connectivity index is 2.40. The maximum atomic E-state index is 11.8. The van der Waals surface area contributed by atoms with Crippen LogP contribution in [-0.2, 0) is 14.3 Å². The summed E-state index contributed by atoms with van der Waals surface area (Å²) in [4.78, 5) is 23.4. The first-order chi connectivity index (χ1) is 7.79. The lowest BCUT2D eigenvalue weighted by atomic mass is 9.97. The fraction of sp³-hybridized carbons (Fsp3) is 0.846. The lowest BCUT2D eigenvalue weighted by Gasteiger charge is -2.22. The zero-order valence-electron chi connectivity index (χ0n) is 11.0. The fourth-order valence-corrected chi connectivity index (χ4v) is 2.09. The van der Waals surface area contributed by atoms with E-state index in [2.05, 4.69) is 0 Å². The van der Waals surface area contributed by atoms with Crippen molar-refractivity contribution in [2.24, 2.45) is 11.7 Å². The van der Waals surface area contributed by atoms with Crippen molar-refractivity contribution in [1.29, 1.82) is 0 Å². The van der Waals surface area contributed by atoms with Crippen LogP contribution in [0.15, 0.2) is 0 Å². The predicted octanol–water partition coefficient (Wildman–Crippen LogP) is 1.80. The molecule has 0 bridgehead atoms. The molecule has 4 heteroatoms. The Hall–Kier alpha value is -0.900. The number of hydrogen-bond acceptors (Lipinski definition) is 4. The Bertz CT molecular complexity index is 288. The summed E-state index contributed by atoms with van der Waals surface area (Å²) >= 11 is 0. The number of hydrogen-bond donors (Lipinski definition) is 1. The van der Waals surface area contributed by atoms with Crippen molar-refractivity contribution in [3.63, 3.8) is 0 Å². The third-order valence-corrected chi connectivity index (χ3v) is 2.94. The van der Waals surface area contributed by atoms with Crippen LogP contribution in [0.1, 0.15) is 52.9 Å². The quantitative estimate of drug-likeness (QED) is 0.762. The molecule has 0 heterocycles. The van der Waals surface area contributed by atoms with Crippen molar-refractivity contribution in [1.82, 2.24) is 0 Å². The number of ketones is 1.